The van der Waals surface area contributed by atoms with Crippen LogP contribution in [-0.2, 0) is 0 Å². The number of fused-ring (bicyclic) bond motifs is 9. The quantitative estimate of drug-likeness (QED) is 0.195. The molecule has 0 saturated carbocycles. The Kier molecular flexibility index (Phi) is 5.60. The van der Waals surface area contributed by atoms with E-state index >= 15 is 0 Å². The Morgan fingerprint density at radius 2 is 1.11 bits per heavy atom. The van der Waals surface area contributed by atoms with Crippen molar-refractivity contribution in [2.75, 3.05) is 0 Å². The molecule has 0 saturated heterocycles. The first-order valence-electron chi connectivity index (χ1n) is 15.3. The first-order valence-corrected chi connectivity index (χ1v) is 15.3. The van der Waals surface area contributed by atoms with E-state index in [0.29, 0.717) is 0 Å². The molecule has 2 nitrogen and oxygen atoms in total. The summed E-state index contributed by atoms with van der Waals surface area (Å²) >= 11 is 0. The number of benzene rings is 7. The van der Waals surface area contributed by atoms with Gasteiger partial charge in [0.25, 0.3) is 0 Å². The third kappa shape index (κ3) is 3.69. The van der Waals surface area contributed by atoms with Gasteiger partial charge in [-0.15, -0.1) is 0 Å². The van der Waals surface area contributed by atoms with Crippen molar-refractivity contribution in [2.45, 2.75) is 6.92 Å². The highest BCUT2D eigenvalue weighted by atomic mass is 16.4. The summed E-state index contributed by atoms with van der Waals surface area (Å²) in [5.74, 6) is 0. The molecule has 2 heterocycles. The molecule has 9 rings (SSSR count). The fraction of sp³-hybridized carbons (Fsp3) is 0.0233. The molecule has 0 atom stereocenters. The fourth-order valence-corrected chi connectivity index (χ4v) is 7.25. The second-order valence-electron chi connectivity index (χ2n) is 11.6. The van der Waals surface area contributed by atoms with Gasteiger partial charge in [0.05, 0.1) is 0 Å². The van der Waals surface area contributed by atoms with Crippen LogP contribution in [0.1, 0.15) is 23.6 Å². The Labute approximate surface area is 260 Å². The first-order chi connectivity index (χ1) is 22.2. The third-order valence-electron chi connectivity index (χ3n) is 9.14. The Morgan fingerprint density at radius 1 is 0.533 bits per heavy atom. The zero-order valence-corrected chi connectivity index (χ0v) is 24.8. The third-order valence-corrected chi connectivity index (χ3v) is 9.14. The minimum atomic E-state index is 0.783. The molecule has 0 fully saturated rings. The normalized spacial score (nSPS) is 12.1. The second-order valence-corrected chi connectivity index (χ2v) is 11.6. The number of furan rings is 2. The molecule has 45 heavy (non-hydrogen) atoms. The van der Waals surface area contributed by atoms with Gasteiger partial charge in [-0.25, -0.2) is 0 Å². The van der Waals surface area contributed by atoms with Crippen LogP contribution < -0.4 is 0 Å². The molecule has 0 aliphatic heterocycles. The molecule has 2 heteroatoms. The van der Waals surface area contributed by atoms with E-state index in [1.807, 2.05) is 18.2 Å². The van der Waals surface area contributed by atoms with E-state index in [1.54, 1.807) is 0 Å². The van der Waals surface area contributed by atoms with Gasteiger partial charge in [-0.1, -0.05) is 122 Å². The van der Waals surface area contributed by atoms with Crippen molar-refractivity contribution in [3.05, 3.63) is 157 Å². The number of rotatable bonds is 4. The van der Waals surface area contributed by atoms with Gasteiger partial charge in [-0.05, 0) is 86.1 Å². The van der Waals surface area contributed by atoms with Crippen LogP contribution in [0, 0.1) is 0 Å². The zero-order valence-electron chi connectivity index (χ0n) is 24.8. The van der Waals surface area contributed by atoms with E-state index in [4.69, 9.17) is 15.4 Å². The molecule has 0 unspecified atom stereocenters. The molecule has 2 aromatic heterocycles. The Balaban J connectivity index is 1.39. The molecule has 7 aromatic carbocycles. The SMILES string of the molecule is C=C(c1ccccc1/C=C\C)c1c2ccccc2c(-c2cccc3oc4c(ccc5c6ccccc6oc54)c23)c2ccccc12. The molecule has 0 amide bonds. The van der Waals surface area contributed by atoms with Crippen LogP contribution in [-0.4, -0.2) is 0 Å². The molecule has 0 bridgehead atoms. The van der Waals surface area contributed by atoms with Crippen molar-refractivity contribution in [2.24, 2.45) is 0 Å². The number of hydrogen-bond donors (Lipinski definition) is 0. The van der Waals surface area contributed by atoms with Crippen LogP contribution in [0.4, 0.5) is 0 Å². The van der Waals surface area contributed by atoms with Gasteiger partial charge in [0.1, 0.15) is 11.2 Å². The monoisotopic (exact) mass is 576 g/mol. The lowest BCUT2D eigenvalue weighted by Gasteiger charge is -2.20. The van der Waals surface area contributed by atoms with Crippen LogP contribution in [0.2, 0.25) is 0 Å². The van der Waals surface area contributed by atoms with Crippen molar-refractivity contribution < 1.29 is 8.83 Å². The predicted octanol–water partition coefficient (Wildman–Crippen LogP) is 12.6. The van der Waals surface area contributed by atoms with E-state index in [2.05, 4.69) is 128 Å². The zero-order chi connectivity index (χ0) is 30.1. The van der Waals surface area contributed by atoms with Gasteiger partial charge in [-0.2, -0.15) is 0 Å². The van der Waals surface area contributed by atoms with Gasteiger partial charge in [-0.3, -0.25) is 0 Å². The maximum atomic E-state index is 6.62. The van der Waals surface area contributed by atoms with E-state index in [-0.39, 0.29) is 0 Å². The van der Waals surface area contributed by atoms with Gasteiger partial charge in [0.15, 0.2) is 11.2 Å². The van der Waals surface area contributed by atoms with Crippen LogP contribution in [0.15, 0.2) is 149 Å². The standard InChI is InChI=1S/C43H28O2/c1-3-13-27-14-4-5-15-28(27)26(2)39-30-17-6-8-19-32(30)40(33-20-9-7-18-31(33)39)35-21-12-23-38-41(35)36-25-24-34-29-16-10-11-22-37(29)44-42(34)43(36)45-38/h3-25H,2H2,1H3/b13-3-. The van der Waals surface area contributed by atoms with Crippen LogP contribution in [0.25, 0.3) is 88.2 Å². The van der Waals surface area contributed by atoms with Crippen LogP contribution in [0.3, 0.4) is 0 Å². The molecular weight excluding hydrogens is 548 g/mol. The summed E-state index contributed by atoms with van der Waals surface area (Å²) in [7, 11) is 0. The van der Waals surface area contributed by atoms with E-state index in [1.165, 1.54) is 27.1 Å². The van der Waals surface area contributed by atoms with Crippen LogP contribution in [0.5, 0.6) is 0 Å². The lowest BCUT2D eigenvalue weighted by Crippen LogP contribution is -1.96. The summed E-state index contributed by atoms with van der Waals surface area (Å²) in [6.07, 6.45) is 4.24. The smallest absolute Gasteiger partial charge is 0.178 e. The highest BCUT2D eigenvalue weighted by Gasteiger charge is 2.23. The van der Waals surface area contributed by atoms with Crippen LogP contribution >= 0.6 is 0 Å². The molecule has 0 spiro atoms. The summed E-state index contributed by atoms with van der Waals surface area (Å²) < 4.78 is 13.0. The molecular formula is C43H28O2. The maximum absolute atomic E-state index is 6.62. The summed E-state index contributed by atoms with van der Waals surface area (Å²) in [5, 5.41) is 9.02. The van der Waals surface area contributed by atoms with Gasteiger partial charge in [0, 0.05) is 21.5 Å². The average molecular weight is 577 g/mol. The van der Waals surface area contributed by atoms with E-state index in [0.717, 1.165) is 71.7 Å². The minimum absolute atomic E-state index is 0.783. The molecule has 0 N–H and O–H groups in total. The predicted molar refractivity (Wildman–Crippen MR) is 191 cm³/mol. The Hall–Kier alpha value is -5.86. The van der Waals surface area contributed by atoms with Crippen molar-refractivity contribution >= 4 is 77.1 Å². The van der Waals surface area contributed by atoms with E-state index < -0.39 is 0 Å². The topological polar surface area (TPSA) is 26.3 Å². The van der Waals surface area contributed by atoms with Gasteiger partial charge < -0.3 is 8.83 Å². The van der Waals surface area contributed by atoms with Crippen molar-refractivity contribution in [3.63, 3.8) is 0 Å². The molecule has 212 valence electrons. The molecule has 0 radical (unpaired) electrons. The summed E-state index contributed by atoms with van der Waals surface area (Å²) in [6, 6.07) is 44.9. The van der Waals surface area contributed by atoms with Gasteiger partial charge >= 0.3 is 0 Å². The first kappa shape index (κ1) is 25.6. The minimum Gasteiger partial charge on any atom is -0.452 e. The molecule has 0 aliphatic rings. The Bertz CT molecular complexity index is 2620. The summed E-state index contributed by atoms with van der Waals surface area (Å²) in [6.45, 7) is 6.77. The van der Waals surface area contributed by atoms with Crippen molar-refractivity contribution in [1.82, 2.24) is 0 Å². The molecule has 0 aliphatic carbocycles. The highest BCUT2D eigenvalue weighted by molar-refractivity contribution is 6.26. The Morgan fingerprint density at radius 3 is 1.87 bits per heavy atom. The highest BCUT2D eigenvalue weighted by Crippen LogP contribution is 2.47. The maximum Gasteiger partial charge on any atom is 0.178 e. The summed E-state index contributed by atoms with van der Waals surface area (Å²) in [4.78, 5) is 0. The number of hydrogen-bond acceptors (Lipinski definition) is 2. The lowest BCUT2D eigenvalue weighted by atomic mass is 9.83. The fourth-order valence-electron chi connectivity index (χ4n) is 7.25. The summed E-state index contributed by atoms with van der Waals surface area (Å²) in [5.41, 5.74) is 10.1. The lowest BCUT2D eigenvalue weighted by molar-refractivity contribution is 0.633. The number of para-hydroxylation sites is 1. The largest absolute Gasteiger partial charge is 0.452 e. The average Bonchev–Trinajstić information content (AvgIpc) is 3.66. The number of allylic oxidation sites excluding steroid dienone is 1. The van der Waals surface area contributed by atoms with Crippen molar-refractivity contribution in [3.8, 4) is 11.1 Å². The van der Waals surface area contributed by atoms with Gasteiger partial charge in [0.2, 0.25) is 0 Å². The molecule has 9 aromatic rings. The van der Waals surface area contributed by atoms with Crippen molar-refractivity contribution in [1.29, 1.82) is 0 Å². The van der Waals surface area contributed by atoms with E-state index in [9.17, 15) is 0 Å². The second kappa shape index (κ2) is 9.83.